The zero-order chi connectivity index (χ0) is 10.0. The maximum atomic E-state index is 12.6. The van der Waals surface area contributed by atoms with Gasteiger partial charge >= 0.3 is 0 Å². The molecule has 0 aliphatic carbocycles. The molecule has 0 bridgehead atoms. The molecule has 0 fully saturated rings. The van der Waals surface area contributed by atoms with Crippen molar-refractivity contribution in [3.63, 3.8) is 0 Å². The molecule has 0 aliphatic rings. The highest BCUT2D eigenvalue weighted by molar-refractivity contribution is 5.85. The smallest absolute Gasteiger partial charge is 0.194 e. The lowest BCUT2D eigenvalue weighted by Gasteiger charge is -2.09. The molecule has 0 amide bonds. The second-order valence-corrected chi connectivity index (χ2v) is 2.64. The van der Waals surface area contributed by atoms with Crippen LogP contribution in [0, 0.1) is 17.5 Å². The Bertz CT molecular complexity index is 296. The molecular weight excluding hydrogens is 217 g/mol. The Labute approximate surface area is 85.5 Å². The van der Waals surface area contributed by atoms with Crippen molar-refractivity contribution in [2.24, 2.45) is 11.5 Å². The minimum Gasteiger partial charge on any atom is -0.329 e. The number of hydrogen-bond acceptors (Lipinski definition) is 2. The molecule has 0 saturated heterocycles. The summed E-state index contributed by atoms with van der Waals surface area (Å²) in [6.45, 7) is 0.0461. The first kappa shape index (κ1) is 13.2. The van der Waals surface area contributed by atoms with Gasteiger partial charge in [0.2, 0.25) is 0 Å². The third kappa shape index (κ3) is 2.60. The highest BCUT2D eigenvalue weighted by Crippen LogP contribution is 2.17. The Morgan fingerprint density at radius 2 is 1.57 bits per heavy atom. The second-order valence-electron chi connectivity index (χ2n) is 2.64. The largest absolute Gasteiger partial charge is 0.329 e. The van der Waals surface area contributed by atoms with Gasteiger partial charge in [-0.05, 0) is 17.7 Å². The SMILES string of the molecule is Cl.NC[C@@H](N)c1cc(F)c(F)c(F)c1. The predicted octanol–water partition coefficient (Wildman–Crippen LogP) is 1.48. The van der Waals surface area contributed by atoms with Crippen LogP contribution in [0.4, 0.5) is 13.2 Å². The molecule has 1 atom stereocenters. The van der Waals surface area contributed by atoms with Crippen LogP contribution < -0.4 is 11.5 Å². The van der Waals surface area contributed by atoms with Gasteiger partial charge in [0.15, 0.2) is 17.5 Å². The van der Waals surface area contributed by atoms with Crippen molar-refractivity contribution in [3.8, 4) is 0 Å². The van der Waals surface area contributed by atoms with Gasteiger partial charge in [-0.3, -0.25) is 0 Å². The lowest BCUT2D eigenvalue weighted by molar-refractivity contribution is 0.443. The summed E-state index contributed by atoms with van der Waals surface area (Å²) in [4.78, 5) is 0. The van der Waals surface area contributed by atoms with Gasteiger partial charge in [0.05, 0.1) is 0 Å². The van der Waals surface area contributed by atoms with E-state index >= 15 is 0 Å². The predicted molar refractivity (Wildman–Crippen MR) is 49.5 cm³/mol. The first-order valence-corrected chi connectivity index (χ1v) is 3.66. The molecular formula is C8H10ClF3N2. The van der Waals surface area contributed by atoms with Crippen molar-refractivity contribution in [1.29, 1.82) is 0 Å². The fourth-order valence-electron chi connectivity index (χ4n) is 0.925. The third-order valence-corrected chi connectivity index (χ3v) is 1.69. The molecule has 1 aromatic rings. The Morgan fingerprint density at radius 3 is 1.93 bits per heavy atom. The van der Waals surface area contributed by atoms with Crippen LogP contribution in [0.15, 0.2) is 12.1 Å². The fraction of sp³-hybridized carbons (Fsp3) is 0.250. The van der Waals surface area contributed by atoms with E-state index in [1.165, 1.54) is 0 Å². The van der Waals surface area contributed by atoms with Gasteiger partial charge in [-0.15, -0.1) is 12.4 Å². The summed E-state index contributed by atoms with van der Waals surface area (Å²) in [7, 11) is 0. The van der Waals surface area contributed by atoms with E-state index in [9.17, 15) is 13.2 Å². The van der Waals surface area contributed by atoms with Crippen LogP contribution in [0.5, 0.6) is 0 Å². The monoisotopic (exact) mass is 226 g/mol. The molecule has 1 rings (SSSR count). The molecule has 0 aliphatic heterocycles. The zero-order valence-corrected chi connectivity index (χ0v) is 7.95. The van der Waals surface area contributed by atoms with Gasteiger partial charge in [0, 0.05) is 12.6 Å². The highest BCUT2D eigenvalue weighted by Gasteiger charge is 2.13. The van der Waals surface area contributed by atoms with Crippen molar-refractivity contribution in [3.05, 3.63) is 35.1 Å². The lowest BCUT2D eigenvalue weighted by atomic mass is 10.1. The van der Waals surface area contributed by atoms with Crippen LogP contribution in [0.25, 0.3) is 0 Å². The minimum absolute atomic E-state index is 0. The molecule has 4 N–H and O–H groups in total. The molecule has 2 nitrogen and oxygen atoms in total. The van der Waals surface area contributed by atoms with Gasteiger partial charge in [0.25, 0.3) is 0 Å². The fourth-order valence-corrected chi connectivity index (χ4v) is 0.925. The molecule has 80 valence electrons. The second kappa shape index (κ2) is 5.19. The van der Waals surface area contributed by atoms with Crippen LogP contribution in [0.1, 0.15) is 11.6 Å². The van der Waals surface area contributed by atoms with E-state index in [1.54, 1.807) is 0 Å². The van der Waals surface area contributed by atoms with Crippen LogP contribution in [-0.2, 0) is 0 Å². The molecule has 0 heterocycles. The first-order valence-electron chi connectivity index (χ1n) is 3.66. The van der Waals surface area contributed by atoms with Crippen molar-refractivity contribution in [2.75, 3.05) is 6.54 Å². The molecule has 1 aromatic carbocycles. The number of hydrogen-bond donors (Lipinski definition) is 2. The number of benzene rings is 1. The molecule has 6 heteroatoms. The summed E-state index contributed by atoms with van der Waals surface area (Å²) >= 11 is 0. The van der Waals surface area contributed by atoms with Crippen LogP contribution in [-0.4, -0.2) is 6.54 Å². The molecule has 0 saturated carbocycles. The quantitative estimate of drug-likeness (QED) is 0.751. The van der Waals surface area contributed by atoms with Gasteiger partial charge in [-0.2, -0.15) is 0 Å². The average Bonchev–Trinajstić information content (AvgIpc) is 2.12. The van der Waals surface area contributed by atoms with E-state index in [1.807, 2.05) is 0 Å². The average molecular weight is 227 g/mol. The molecule has 0 aromatic heterocycles. The van der Waals surface area contributed by atoms with E-state index in [-0.39, 0.29) is 24.5 Å². The van der Waals surface area contributed by atoms with Crippen molar-refractivity contribution >= 4 is 12.4 Å². The first-order chi connectivity index (χ1) is 6.06. The number of rotatable bonds is 2. The summed E-state index contributed by atoms with van der Waals surface area (Å²) in [5.74, 6) is -3.99. The lowest BCUT2D eigenvalue weighted by Crippen LogP contribution is -2.21. The molecule has 0 radical (unpaired) electrons. The summed E-state index contributed by atoms with van der Waals surface area (Å²) in [5, 5.41) is 0. The Balaban J connectivity index is 0.00000169. The van der Waals surface area contributed by atoms with E-state index in [0.717, 1.165) is 12.1 Å². The van der Waals surface area contributed by atoms with Gasteiger partial charge < -0.3 is 11.5 Å². The van der Waals surface area contributed by atoms with Crippen molar-refractivity contribution in [1.82, 2.24) is 0 Å². The maximum Gasteiger partial charge on any atom is 0.194 e. The van der Waals surface area contributed by atoms with Gasteiger partial charge in [-0.1, -0.05) is 0 Å². The summed E-state index contributed by atoms with van der Waals surface area (Å²) < 4.78 is 37.7. The Morgan fingerprint density at radius 1 is 1.14 bits per heavy atom. The molecule has 0 unspecified atom stereocenters. The Hall–Kier alpha value is -0.780. The van der Waals surface area contributed by atoms with Crippen LogP contribution in [0.3, 0.4) is 0 Å². The maximum absolute atomic E-state index is 12.6. The van der Waals surface area contributed by atoms with Crippen molar-refractivity contribution < 1.29 is 13.2 Å². The van der Waals surface area contributed by atoms with Gasteiger partial charge in [0.1, 0.15) is 0 Å². The third-order valence-electron chi connectivity index (χ3n) is 1.69. The van der Waals surface area contributed by atoms with Crippen LogP contribution in [0.2, 0.25) is 0 Å². The topological polar surface area (TPSA) is 52.0 Å². The molecule has 14 heavy (non-hydrogen) atoms. The van der Waals surface area contributed by atoms with Gasteiger partial charge in [-0.25, -0.2) is 13.2 Å². The van der Waals surface area contributed by atoms with E-state index < -0.39 is 23.5 Å². The number of halogens is 4. The molecule has 0 spiro atoms. The van der Waals surface area contributed by atoms with Crippen LogP contribution >= 0.6 is 12.4 Å². The number of nitrogens with two attached hydrogens (primary N) is 2. The highest BCUT2D eigenvalue weighted by atomic mass is 35.5. The minimum atomic E-state index is -1.49. The van der Waals surface area contributed by atoms with E-state index in [0.29, 0.717) is 0 Å². The van der Waals surface area contributed by atoms with E-state index in [2.05, 4.69) is 0 Å². The summed E-state index contributed by atoms with van der Waals surface area (Å²) in [6.07, 6.45) is 0. The van der Waals surface area contributed by atoms with E-state index in [4.69, 9.17) is 11.5 Å². The Kier molecular flexibility index (Phi) is 4.90. The summed E-state index contributed by atoms with van der Waals surface area (Å²) in [5.41, 5.74) is 10.7. The van der Waals surface area contributed by atoms with Crippen molar-refractivity contribution in [2.45, 2.75) is 6.04 Å². The zero-order valence-electron chi connectivity index (χ0n) is 7.14. The summed E-state index contributed by atoms with van der Waals surface area (Å²) in [6, 6.07) is 1.01. The normalized spacial score (nSPS) is 12.1. The standard InChI is InChI=1S/C8H9F3N2.ClH/c9-5-1-4(7(13)3-12)2-6(10)8(5)11;/h1-2,7H,3,12-13H2;1H/t7-;/m1./s1.